The van der Waals surface area contributed by atoms with E-state index in [1.54, 1.807) is 6.26 Å². The van der Waals surface area contributed by atoms with Crippen LogP contribution in [0.5, 0.6) is 0 Å². The van der Waals surface area contributed by atoms with Crippen LogP contribution in [-0.2, 0) is 30.2 Å². The molecule has 0 amide bonds. The van der Waals surface area contributed by atoms with Crippen LogP contribution in [0.4, 0.5) is 0 Å². The molecule has 0 saturated carbocycles. The van der Waals surface area contributed by atoms with E-state index in [0.29, 0.717) is 12.0 Å². The molecular formula is C42H46N4O5. The van der Waals surface area contributed by atoms with E-state index in [0.717, 1.165) is 61.1 Å². The predicted octanol–water partition coefficient (Wildman–Crippen LogP) is 7.20. The number of benzene rings is 2. The Hall–Kier alpha value is -4.76. The Balaban J connectivity index is 1.10. The highest BCUT2D eigenvalue weighted by atomic mass is 16.5. The SMILES string of the molecule is C/C=C1\CN2CCc3c([nH]c4ccccc34)C2CC1C(CC1=CN2CC3C(C)OC=C(C(=O)OC)C3CC2c2[nH]c3ccccc3c21)C(=O)OC. The molecule has 9 nitrogen and oxygen atoms in total. The number of methoxy groups -OCH3 is 2. The summed E-state index contributed by atoms with van der Waals surface area (Å²) in [5, 5.41) is 2.47. The number of hydrogen-bond donors (Lipinski definition) is 2. The number of carbonyl (C=O) groups excluding carboxylic acids is 2. The van der Waals surface area contributed by atoms with Crippen LogP contribution in [0.3, 0.4) is 0 Å². The van der Waals surface area contributed by atoms with E-state index in [2.05, 4.69) is 94.4 Å². The third-order valence-corrected chi connectivity index (χ3v) is 12.8. The zero-order valence-corrected chi connectivity index (χ0v) is 29.8. The maximum absolute atomic E-state index is 14.1. The maximum atomic E-state index is 14.1. The van der Waals surface area contributed by atoms with Crippen LogP contribution in [0, 0.1) is 23.7 Å². The van der Waals surface area contributed by atoms with Gasteiger partial charge in [0.15, 0.2) is 0 Å². The molecule has 0 aliphatic carbocycles. The molecule has 4 aromatic rings. The highest BCUT2D eigenvalue weighted by Crippen LogP contribution is 2.52. The van der Waals surface area contributed by atoms with Gasteiger partial charge >= 0.3 is 11.9 Å². The third kappa shape index (κ3) is 5.06. The molecule has 7 heterocycles. The van der Waals surface area contributed by atoms with Gasteiger partial charge in [0.05, 0.1) is 44.1 Å². The van der Waals surface area contributed by atoms with Crippen LogP contribution < -0.4 is 0 Å². The van der Waals surface area contributed by atoms with Crippen molar-refractivity contribution in [1.29, 1.82) is 0 Å². The van der Waals surface area contributed by atoms with Gasteiger partial charge in [-0.05, 0) is 68.7 Å². The Kier molecular flexibility index (Phi) is 7.87. The monoisotopic (exact) mass is 686 g/mol. The summed E-state index contributed by atoms with van der Waals surface area (Å²) < 4.78 is 16.9. The van der Waals surface area contributed by atoms with Crippen molar-refractivity contribution in [3.63, 3.8) is 0 Å². The van der Waals surface area contributed by atoms with Crippen molar-refractivity contribution in [2.75, 3.05) is 33.9 Å². The first-order valence-electron chi connectivity index (χ1n) is 18.5. The van der Waals surface area contributed by atoms with Crippen molar-refractivity contribution in [3.05, 3.63) is 101 Å². The number of aromatic amines is 2. The lowest BCUT2D eigenvalue weighted by atomic mass is 9.70. The first kappa shape index (κ1) is 32.2. The number of nitrogens with one attached hydrogen (secondary N) is 2. The molecule has 5 aliphatic rings. The maximum Gasteiger partial charge on any atom is 0.337 e. The lowest BCUT2D eigenvalue weighted by Gasteiger charge is -2.49. The third-order valence-electron chi connectivity index (χ3n) is 12.8. The van der Waals surface area contributed by atoms with Crippen molar-refractivity contribution >= 4 is 39.3 Å². The molecule has 7 atom stereocenters. The zero-order chi connectivity index (χ0) is 35.0. The molecule has 2 aromatic heterocycles. The van der Waals surface area contributed by atoms with Crippen LogP contribution in [0.2, 0.25) is 0 Å². The summed E-state index contributed by atoms with van der Waals surface area (Å²) in [5.41, 5.74) is 10.4. The van der Waals surface area contributed by atoms with Crippen molar-refractivity contribution in [2.45, 2.75) is 57.7 Å². The fourth-order valence-corrected chi connectivity index (χ4v) is 10.2. The van der Waals surface area contributed by atoms with Gasteiger partial charge in [-0.1, -0.05) is 48.0 Å². The fourth-order valence-electron chi connectivity index (χ4n) is 10.2. The molecule has 0 bridgehead atoms. The van der Waals surface area contributed by atoms with Crippen molar-refractivity contribution in [1.82, 2.24) is 19.8 Å². The van der Waals surface area contributed by atoms with Crippen LogP contribution in [0.1, 0.15) is 67.7 Å². The van der Waals surface area contributed by atoms with Gasteiger partial charge in [0.1, 0.15) is 6.10 Å². The summed E-state index contributed by atoms with van der Waals surface area (Å²) in [7, 11) is 2.96. The second-order valence-electron chi connectivity index (χ2n) is 15.1. The van der Waals surface area contributed by atoms with E-state index in [9.17, 15) is 9.59 Å². The van der Waals surface area contributed by atoms with Gasteiger partial charge in [0.2, 0.25) is 0 Å². The Morgan fingerprint density at radius 1 is 0.980 bits per heavy atom. The van der Waals surface area contributed by atoms with Crippen molar-refractivity contribution in [3.8, 4) is 0 Å². The normalized spacial score (nSPS) is 28.4. The molecule has 264 valence electrons. The van der Waals surface area contributed by atoms with E-state index in [1.807, 2.05) is 0 Å². The standard InChI is InChI=1S/C42H46N4O5/c1-5-24-19-45-15-14-27-26-10-6-8-12-34(26)43-39(27)36(45)17-29(24)31(41(47)49-3)16-25-20-46-21-32-23(2)51-22-33(42(48)50-4)30(32)18-37(46)40-38(25)28-11-7-9-13-35(28)44-40/h5-13,20,22-23,29-32,36-37,43-44H,14-19,21H2,1-4H3/b24-5+. The van der Waals surface area contributed by atoms with E-state index < -0.39 is 0 Å². The summed E-state index contributed by atoms with van der Waals surface area (Å²) in [4.78, 5) is 39.6. The minimum atomic E-state index is -0.356. The van der Waals surface area contributed by atoms with Crippen LogP contribution in [-0.4, -0.2) is 71.7 Å². The number of allylic oxidation sites excluding steroid dienone is 2. The van der Waals surface area contributed by atoms with Gasteiger partial charge in [0, 0.05) is 76.4 Å². The molecular weight excluding hydrogens is 640 g/mol. The first-order chi connectivity index (χ1) is 24.9. The van der Waals surface area contributed by atoms with E-state index in [-0.39, 0.29) is 53.8 Å². The number of hydrogen-bond acceptors (Lipinski definition) is 7. The number of esters is 2. The van der Waals surface area contributed by atoms with Gasteiger partial charge in [0.25, 0.3) is 0 Å². The second-order valence-corrected chi connectivity index (χ2v) is 15.1. The second kappa shape index (κ2) is 12.5. The van der Waals surface area contributed by atoms with E-state index in [4.69, 9.17) is 14.2 Å². The highest BCUT2D eigenvalue weighted by Gasteiger charge is 2.48. The van der Waals surface area contributed by atoms with Gasteiger partial charge < -0.3 is 29.1 Å². The predicted molar refractivity (Wildman–Crippen MR) is 196 cm³/mol. The molecule has 7 unspecified atom stereocenters. The fraction of sp³-hybridized carbons (Fsp3) is 0.429. The van der Waals surface area contributed by atoms with Gasteiger partial charge in [-0.2, -0.15) is 0 Å². The van der Waals surface area contributed by atoms with Crippen molar-refractivity contribution in [2.24, 2.45) is 23.7 Å². The van der Waals surface area contributed by atoms with Crippen LogP contribution in [0.15, 0.2) is 78.2 Å². The number of rotatable bonds is 5. The summed E-state index contributed by atoms with van der Waals surface area (Å²) in [6.07, 6.45) is 9.32. The van der Waals surface area contributed by atoms with Crippen LogP contribution in [0.25, 0.3) is 27.4 Å². The number of carbonyl (C=O) groups is 2. The lowest BCUT2D eigenvalue weighted by molar-refractivity contribution is -0.147. The Morgan fingerprint density at radius 3 is 2.49 bits per heavy atom. The molecule has 51 heavy (non-hydrogen) atoms. The average molecular weight is 687 g/mol. The largest absolute Gasteiger partial charge is 0.497 e. The molecule has 2 aromatic carbocycles. The Morgan fingerprint density at radius 2 is 1.73 bits per heavy atom. The summed E-state index contributed by atoms with van der Waals surface area (Å²) >= 11 is 0. The molecule has 2 fully saturated rings. The molecule has 9 heteroatoms. The minimum absolute atomic E-state index is 0.0203. The highest BCUT2D eigenvalue weighted by molar-refractivity contribution is 5.96. The number of aromatic nitrogens is 2. The topological polar surface area (TPSA) is 99.9 Å². The number of piperidine rings is 2. The minimum Gasteiger partial charge on any atom is -0.497 e. The molecule has 0 radical (unpaired) electrons. The quantitative estimate of drug-likeness (QED) is 0.169. The number of para-hydroxylation sites is 2. The number of fused-ring (bicyclic) bond motifs is 11. The summed E-state index contributed by atoms with van der Waals surface area (Å²) in [5.74, 6) is -0.670. The smallest absolute Gasteiger partial charge is 0.337 e. The van der Waals surface area contributed by atoms with Crippen LogP contribution >= 0.6 is 0 Å². The molecule has 2 saturated heterocycles. The molecule has 9 rings (SSSR count). The number of ether oxygens (including phenoxy) is 3. The van der Waals surface area contributed by atoms with E-state index in [1.165, 1.54) is 47.5 Å². The Labute approximate surface area is 298 Å². The summed E-state index contributed by atoms with van der Waals surface area (Å²) in [6, 6.07) is 17.3. The number of nitrogens with zero attached hydrogens (tertiary/aromatic N) is 2. The van der Waals surface area contributed by atoms with Crippen molar-refractivity contribution < 1.29 is 23.8 Å². The number of H-pyrrole nitrogens is 2. The van der Waals surface area contributed by atoms with Gasteiger partial charge in [-0.3, -0.25) is 9.69 Å². The Bertz CT molecular complexity index is 2140. The molecule has 2 N–H and O–H groups in total. The van der Waals surface area contributed by atoms with Gasteiger partial charge in [-0.15, -0.1) is 0 Å². The lowest BCUT2D eigenvalue weighted by Crippen LogP contribution is -2.49. The average Bonchev–Trinajstić information content (AvgIpc) is 3.75. The molecule has 5 aliphatic heterocycles. The molecule has 0 spiro atoms. The zero-order valence-electron chi connectivity index (χ0n) is 29.8. The first-order valence-corrected chi connectivity index (χ1v) is 18.5. The summed E-state index contributed by atoms with van der Waals surface area (Å²) in [6.45, 7) is 6.79. The van der Waals surface area contributed by atoms with Gasteiger partial charge in [-0.25, -0.2) is 4.79 Å². The van der Waals surface area contributed by atoms with E-state index >= 15 is 0 Å².